The topological polar surface area (TPSA) is 18.5 Å². The van der Waals surface area contributed by atoms with Gasteiger partial charge in [-0.05, 0) is 50.4 Å². The number of rotatable bonds is 11. The van der Waals surface area contributed by atoms with Crippen LogP contribution in [-0.4, -0.2) is 25.4 Å². The monoisotopic (exact) mass is 298 g/mol. The summed E-state index contributed by atoms with van der Waals surface area (Å²) in [4.78, 5) is 0. The van der Waals surface area contributed by atoms with Crippen molar-refractivity contribution in [3.63, 3.8) is 0 Å². The maximum Gasteiger partial charge on any atom is 0.0577 e. The molecule has 21 heavy (non-hydrogen) atoms. The fraction of sp³-hybridized carbons (Fsp3) is 1.00. The molecule has 0 heterocycles. The molecule has 1 aliphatic carbocycles. The number of hydrogen-bond acceptors (Lipinski definition) is 2. The molecule has 0 aromatic carbocycles. The fourth-order valence-corrected chi connectivity index (χ4v) is 2.92. The summed E-state index contributed by atoms with van der Waals surface area (Å²) in [6.07, 6.45) is 12.1. The molecule has 126 valence electrons. The van der Waals surface area contributed by atoms with Crippen molar-refractivity contribution in [3.05, 3.63) is 0 Å². The summed E-state index contributed by atoms with van der Waals surface area (Å²) >= 11 is 0. The highest BCUT2D eigenvalue weighted by atomic mass is 16.5. The van der Waals surface area contributed by atoms with Crippen molar-refractivity contribution in [2.24, 2.45) is 11.8 Å². The second-order valence-corrected chi connectivity index (χ2v) is 7.15. The average molecular weight is 299 g/mol. The van der Waals surface area contributed by atoms with E-state index in [0.29, 0.717) is 18.1 Å². The molecule has 0 amide bonds. The van der Waals surface area contributed by atoms with Crippen LogP contribution in [0.3, 0.4) is 0 Å². The Labute approximate surface area is 133 Å². The fourth-order valence-electron chi connectivity index (χ4n) is 2.92. The molecule has 2 heteroatoms. The molecule has 0 N–H and O–H groups in total. The quantitative estimate of drug-likeness (QED) is 0.463. The molecule has 2 unspecified atom stereocenters. The van der Waals surface area contributed by atoms with Crippen molar-refractivity contribution in [2.75, 3.05) is 13.2 Å². The van der Waals surface area contributed by atoms with E-state index in [1.54, 1.807) is 0 Å². The molecule has 0 spiro atoms. The first-order chi connectivity index (χ1) is 10.2. The zero-order valence-corrected chi connectivity index (χ0v) is 14.9. The first-order valence-corrected chi connectivity index (χ1v) is 9.38. The minimum atomic E-state index is 0.488. The Morgan fingerprint density at radius 3 is 2.00 bits per heavy atom. The van der Waals surface area contributed by atoms with E-state index in [0.717, 1.165) is 19.1 Å². The van der Waals surface area contributed by atoms with Crippen molar-refractivity contribution in [2.45, 2.75) is 97.7 Å². The molecule has 2 nitrogen and oxygen atoms in total. The Morgan fingerprint density at radius 2 is 1.43 bits per heavy atom. The SMILES string of the molecule is CCCCOC1CCC(OCC(C)CCC(C)CC)CC1. The van der Waals surface area contributed by atoms with Gasteiger partial charge in [0.1, 0.15) is 0 Å². The third-order valence-corrected chi connectivity index (χ3v) is 4.94. The predicted octanol–water partition coefficient (Wildman–Crippen LogP) is 5.59. The summed E-state index contributed by atoms with van der Waals surface area (Å²) < 4.78 is 12.0. The molecular weight excluding hydrogens is 260 g/mol. The Balaban J connectivity index is 2.04. The Hall–Kier alpha value is -0.0800. The van der Waals surface area contributed by atoms with Gasteiger partial charge in [-0.15, -0.1) is 0 Å². The van der Waals surface area contributed by atoms with Crippen LogP contribution in [-0.2, 0) is 9.47 Å². The number of hydrogen-bond donors (Lipinski definition) is 0. The zero-order valence-electron chi connectivity index (χ0n) is 14.9. The van der Waals surface area contributed by atoms with E-state index in [1.165, 1.54) is 57.8 Å². The first kappa shape index (κ1) is 19.0. The molecule has 1 fully saturated rings. The van der Waals surface area contributed by atoms with Gasteiger partial charge in [0.2, 0.25) is 0 Å². The number of ether oxygens (including phenoxy) is 2. The molecule has 0 radical (unpaired) electrons. The highest BCUT2D eigenvalue weighted by molar-refractivity contribution is 4.73. The first-order valence-electron chi connectivity index (χ1n) is 9.38. The lowest BCUT2D eigenvalue weighted by Crippen LogP contribution is -2.28. The third kappa shape index (κ3) is 8.83. The Kier molecular flexibility index (Phi) is 10.4. The van der Waals surface area contributed by atoms with Crippen molar-refractivity contribution >= 4 is 0 Å². The Bertz CT molecular complexity index is 234. The van der Waals surface area contributed by atoms with E-state index in [9.17, 15) is 0 Å². The molecule has 0 saturated heterocycles. The van der Waals surface area contributed by atoms with E-state index in [2.05, 4.69) is 27.7 Å². The van der Waals surface area contributed by atoms with Gasteiger partial charge < -0.3 is 9.47 Å². The van der Waals surface area contributed by atoms with Crippen LogP contribution in [0.15, 0.2) is 0 Å². The van der Waals surface area contributed by atoms with Gasteiger partial charge in [0, 0.05) is 13.2 Å². The van der Waals surface area contributed by atoms with Gasteiger partial charge in [0.25, 0.3) is 0 Å². The maximum atomic E-state index is 6.13. The van der Waals surface area contributed by atoms with Gasteiger partial charge in [-0.1, -0.05) is 47.0 Å². The van der Waals surface area contributed by atoms with Crippen LogP contribution in [0.4, 0.5) is 0 Å². The standard InChI is InChI=1S/C19H38O2/c1-5-7-14-20-18-10-12-19(13-11-18)21-15-17(4)9-8-16(3)6-2/h16-19H,5-15H2,1-4H3. The van der Waals surface area contributed by atoms with Crippen molar-refractivity contribution in [1.29, 1.82) is 0 Å². The van der Waals surface area contributed by atoms with E-state index >= 15 is 0 Å². The van der Waals surface area contributed by atoms with Crippen LogP contribution >= 0.6 is 0 Å². The average Bonchev–Trinajstić information content (AvgIpc) is 2.52. The van der Waals surface area contributed by atoms with Crippen LogP contribution in [0.5, 0.6) is 0 Å². The van der Waals surface area contributed by atoms with Crippen LogP contribution < -0.4 is 0 Å². The second-order valence-electron chi connectivity index (χ2n) is 7.15. The second kappa shape index (κ2) is 11.5. The van der Waals surface area contributed by atoms with Gasteiger partial charge in [0.05, 0.1) is 12.2 Å². The molecule has 0 aliphatic heterocycles. The maximum absolute atomic E-state index is 6.13. The molecule has 0 aromatic heterocycles. The summed E-state index contributed by atoms with van der Waals surface area (Å²) in [6.45, 7) is 11.1. The molecular formula is C19H38O2. The largest absolute Gasteiger partial charge is 0.378 e. The van der Waals surface area contributed by atoms with Gasteiger partial charge in [-0.2, -0.15) is 0 Å². The van der Waals surface area contributed by atoms with E-state index in [4.69, 9.17) is 9.47 Å². The molecule has 1 saturated carbocycles. The van der Waals surface area contributed by atoms with Gasteiger partial charge in [0.15, 0.2) is 0 Å². The lowest BCUT2D eigenvalue weighted by molar-refractivity contribution is -0.0398. The molecule has 0 bridgehead atoms. The highest BCUT2D eigenvalue weighted by Gasteiger charge is 2.22. The van der Waals surface area contributed by atoms with Crippen LogP contribution in [0, 0.1) is 11.8 Å². The van der Waals surface area contributed by atoms with E-state index in [-0.39, 0.29) is 0 Å². The smallest absolute Gasteiger partial charge is 0.0577 e. The van der Waals surface area contributed by atoms with Crippen LogP contribution in [0.2, 0.25) is 0 Å². The Morgan fingerprint density at radius 1 is 0.857 bits per heavy atom. The predicted molar refractivity (Wildman–Crippen MR) is 90.7 cm³/mol. The van der Waals surface area contributed by atoms with Crippen LogP contribution in [0.25, 0.3) is 0 Å². The normalized spacial score (nSPS) is 25.7. The summed E-state index contributed by atoms with van der Waals surface area (Å²) in [5, 5.41) is 0. The molecule has 2 atom stereocenters. The summed E-state index contributed by atoms with van der Waals surface area (Å²) in [6, 6.07) is 0. The molecule has 1 rings (SSSR count). The van der Waals surface area contributed by atoms with E-state index < -0.39 is 0 Å². The summed E-state index contributed by atoms with van der Waals surface area (Å²) in [5.74, 6) is 1.57. The van der Waals surface area contributed by atoms with Crippen molar-refractivity contribution in [1.82, 2.24) is 0 Å². The highest BCUT2D eigenvalue weighted by Crippen LogP contribution is 2.25. The summed E-state index contributed by atoms with van der Waals surface area (Å²) in [5.41, 5.74) is 0. The third-order valence-electron chi connectivity index (χ3n) is 4.94. The lowest BCUT2D eigenvalue weighted by Gasteiger charge is -2.29. The van der Waals surface area contributed by atoms with Gasteiger partial charge in [-0.25, -0.2) is 0 Å². The minimum Gasteiger partial charge on any atom is -0.378 e. The lowest BCUT2D eigenvalue weighted by atomic mass is 9.94. The molecule has 1 aliphatic rings. The van der Waals surface area contributed by atoms with Crippen LogP contribution in [0.1, 0.15) is 85.5 Å². The summed E-state index contributed by atoms with van der Waals surface area (Å²) in [7, 11) is 0. The number of unbranched alkanes of at least 4 members (excludes halogenated alkanes) is 1. The van der Waals surface area contributed by atoms with Gasteiger partial charge in [-0.3, -0.25) is 0 Å². The van der Waals surface area contributed by atoms with Crippen molar-refractivity contribution in [3.8, 4) is 0 Å². The molecule has 0 aromatic rings. The minimum absolute atomic E-state index is 0.488. The van der Waals surface area contributed by atoms with Crippen molar-refractivity contribution < 1.29 is 9.47 Å². The van der Waals surface area contributed by atoms with E-state index in [1.807, 2.05) is 0 Å². The van der Waals surface area contributed by atoms with Gasteiger partial charge >= 0.3 is 0 Å². The zero-order chi connectivity index (χ0) is 15.5.